The topological polar surface area (TPSA) is 3.88 Å². The third-order valence-corrected chi connectivity index (χ3v) is 15.5. The molecular weight excluding hydrogens is 511 g/mol. The summed E-state index contributed by atoms with van der Waals surface area (Å²) in [5, 5.41) is 7.14. The first-order valence-electron chi connectivity index (χ1n) is 15.5. The molecule has 1 aliphatic rings. The molecule has 0 saturated heterocycles. The number of rotatable bonds is 5. The number of fused-ring (bicyclic) bond motifs is 1. The number of aromatic nitrogens is 1. The lowest BCUT2D eigenvalue weighted by Gasteiger charge is -2.44. The Balaban J connectivity index is 1.57. The van der Waals surface area contributed by atoms with Gasteiger partial charge in [-0.15, -0.1) is 0 Å². The van der Waals surface area contributed by atoms with Crippen molar-refractivity contribution in [1.82, 2.24) is 0 Å². The van der Waals surface area contributed by atoms with Crippen molar-refractivity contribution in [1.29, 1.82) is 0 Å². The van der Waals surface area contributed by atoms with Gasteiger partial charge in [0.1, 0.15) is 7.05 Å². The van der Waals surface area contributed by atoms with Crippen LogP contribution in [0.2, 0.25) is 5.04 Å². The number of pyridine rings is 1. The third-order valence-electron chi connectivity index (χ3n) is 9.70. The molecule has 0 radical (unpaired) electrons. The van der Waals surface area contributed by atoms with E-state index in [1.165, 1.54) is 80.8 Å². The van der Waals surface area contributed by atoms with Crippen molar-refractivity contribution in [2.45, 2.75) is 70.8 Å². The highest BCUT2D eigenvalue weighted by Gasteiger charge is 2.49. The standard InChI is InChI=1S/C39H44NSi/c1-29-21-22-31(30-15-9-6-10-16-30)28-37(29)38-36-24-23-35(27-32(36)25-26-40(38)5)41(39(2,3)4,33-17-11-7-12-18-33)34-19-13-8-14-20-34/h7-8,11-14,17-28,30H,6,9-10,15-16H2,1-5H3/q+1. The Hall–Kier alpha value is -3.49. The van der Waals surface area contributed by atoms with Crippen molar-refractivity contribution in [2.24, 2.45) is 7.05 Å². The molecule has 0 spiro atoms. The summed E-state index contributed by atoms with van der Waals surface area (Å²) in [6, 6.07) is 39.6. The second kappa shape index (κ2) is 11.1. The first kappa shape index (κ1) is 27.7. The summed E-state index contributed by atoms with van der Waals surface area (Å²) >= 11 is 0. The lowest BCUT2D eigenvalue weighted by atomic mass is 9.82. The molecule has 2 heteroatoms. The maximum Gasteiger partial charge on any atom is 0.220 e. The van der Waals surface area contributed by atoms with Crippen molar-refractivity contribution >= 4 is 34.4 Å². The van der Waals surface area contributed by atoms with Gasteiger partial charge >= 0.3 is 0 Å². The Kier molecular flexibility index (Phi) is 7.46. The van der Waals surface area contributed by atoms with Gasteiger partial charge < -0.3 is 0 Å². The van der Waals surface area contributed by atoms with Crippen molar-refractivity contribution in [3.8, 4) is 11.3 Å². The normalized spacial score (nSPS) is 14.9. The SMILES string of the molecule is Cc1ccc(C2CCCCC2)cc1-c1c2ccc([Si](c3ccccc3)(c3ccccc3)C(C)(C)C)cc2cc[n+]1C. The quantitative estimate of drug-likeness (QED) is 0.118. The van der Waals surface area contributed by atoms with E-state index in [1.807, 2.05) is 0 Å². The van der Waals surface area contributed by atoms with E-state index < -0.39 is 8.07 Å². The maximum atomic E-state index is 2.52. The summed E-state index contributed by atoms with van der Waals surface area (Å²) in [4.78, 5) is 0. The fraction of sp³-hybridized carbons (Fsp3) is 0.308. The smallest absolute Gasteiger partial charge is 0.200 e. The molecule has 0 aliphatic heterocycles. The molecule has 0 atom stereocenters. The van der Waals surface area contributed by atoms with Crippen LogP contribution < -0.4 is 20.1 Å². The average Bonchev–Trinajstić information content (AvgIpc) is 2.99. The van der Waals surface area contributed by atoms with Crippen molar-refractivity contribution in [3.05, 3.63) is 120 Å². The van der Waals surface area contributed by atoms with Crippen LogP contribution in [0.4, 0.5) is 0 Å². The molecule has 41 heavy (non-hydrogen) atoms. The maximum absolute atomic E-state index is 2.52. The summed E-state index contributed by atoms with van der Waals surface area (Å²) in [6.07, 6.45) is 9.03. The van der Waals surface area contributed by atoms with Gasteiger partial charge in [0.15, 0.2) is 14.3 Å². The Morgan fingerprint density at radius 2 is 1.32 bits per heavy atom. The molecule has 1 nitrogen and oxygen atoms in total. The zero-order chi connectivity index (χ0) is 28.6. The molecule has 0 N–H and O–H groups in total. The van der Waals surface area contributed by atoms with Crippen molar-refractivity contribution in [2.75, 3.05) is 0 Å². The van der Waals surface area contributed by atoms with Crippen LogP contribution in [0.1, 0.15) is 69.9 Å². The van der Waals surface area contributed by atoms with Crippen LogP contribution in [-0.4, -0.2) is 8.07 Å². The third kappa shape index (κ3) is 4.87. The molecule has 1 aromatic heterocycles. The molecule has 1 aliphatic carbocycles. The zero-order valence-corrected chi connectivity index (χ0v) is 26.5. The minimum absolute atomic E-state index is 0.0660. The zero-order valence-electron chi connectivity index (χ0n) is 25.5. The summed E-state index contributed by atoms with van der Waals surface area (Å²) < 4.78 is 2.33. The van der Waals surface area contributed by atoms with Crippen LogP contribution in [0, 0.1) is 6.92 Å². The van der Waals surface area contributed by atoms with Crippen LogP contribution in [0.25, 0.3) is 22.0 Å². The number of aryl methyl sites for hydroxylation is 2. The lowest BCUT2D eigenvalue weighted by molar-refractivity contribution is -0.659. The fourth-order valence-corrected chi connectivity index (χ4v) is 13.4. The molecule has 5 aromatic rings. The van der Waals surface area contributed by atoms with E-state index in [9.17, 15) is 0 Å². The van der Waals surface area contributed by atoms with Crippen LogP contribution in [0.3, 0.4) is 0 Å². The fourth-order valence-electron chi connectivity index (χ4n) is 7.70. The second-order valence-electron chi connectivity index (χ2n) is 13.2. The average molecular weight is 555 g/mol. The molecule has 0 unspecified atom stereocenters. The highest BCUT2D eigenvalue weighted by Crippen LogP contribution is 2.38. The Morgan fingerprint density at radius 3 is 1.93 bits per heavy atom. The van der Waals surface area contributed by atoms with Crippen molar-refractivity contribution in [3.63, 3.8) is 0 Å². The predicted octanol–water partition coefficient (Wildman–Crippen LogP) is 7.96. The Bertz CT molecular complexity index is 1620. The first-order chi connectivity index (χ1) is 19.8. The highest BCUT2D eigenvalue weighted by molar-refractivity contribution is 7.13. The van der Waals surface area contributed by atoms with Gasteiger partial charge in [-0.3, -0.25) is 0 Å². The number of nitrogens with zero attached hydrogens (tertiary/aromatic N) is 1. The van der Waals surface area contributed by atoms with Gasteiger partial charge in [0.05, 0.1) is 5.39 Å². The molecule has 0 bridgehead atoms. The Labute approximate surface area is 247 Å². The second-order valence-corrected chi connectivity index (χ2v) is 18.0. The number of hydrogen-bond acceptors (Lipinski definition) is 0. The van der Waals surface area contributed by atoms with E-state index in [0.717, 1.165) is 0 Å². The van der Waals surface area contributed by atoms with E-state index >= 15 is 0 Å². The van der Waals surface area contributed by atoms with E-state index in [1.54, 1.807) is 0 Å². The van der Waals surface area contributed by atoms with E-state index in [0.29, 0.717) is 5.92 Å². The van der Waals surface area contributed by atoms with Gasteiger partial charge in [-0.05, 0) is 74.9 Å². The van der Waals surface area contributed by atoms with Gasteiger partial charge in [-0.25, -0.2) is 4.57 Å². The minimum Gasteiger partial charge on any atom is -0.200 e. The molecule has 0 amide bonds. The summed E-state index contributed by atoms with van der Waals surface area (Å²) in [5.74, 6) is 0.699. The van der Waals surface area contributed by atoms with Gasteiger partial charge in [0, 0.05) is 11.6 Å². The molecule has 208 valence electrons. The van der Waals surface area contributed by atoms with Crippen molar-refractivity contribution < 1.29 is 4.57 Å². The molecule has 6 rings (SSSR count). The number of benzene rings is 4. The van der Waals surface area contributed by atoms with Gasteiger partial charge in [0.25, 0.3) is 0 Å². The molecular formula is C39H44NSi+. The largest absolute Gasteiger partial charge is 0.220 e. The molecule has 1 saturated carbocycles. The van der Waals surface area contributed by atoms with Crippen LogP contribution in [-0.2, 0) is 7.05 Å². The van der Waals surface area contributed by atoms with E-state index in [2.05, 4.69) is 149 Å². The first-order valence-corrected chi connectivity index (χ1v) is 17.5. The molecule has 1 fully saturated rings. The predicted molar refractivity (Wildman–Crippen MR) is 178 cm³/mol. The Morgan fingerprint density at radius 1 is 0.683 bits per heavy atom. The molecule has 1 heterocycles. The van der Waals surface area contributed by atoms with Gasteiger partial charge in [-0.1, -0.05) is 125 Å². The van der Waals surface area contributed by atoms with E-state index in [-0.39, 0.29) is 5.04 Å². The van der Waals surface area contributed by atoms with Gasteiger partial charge in [-0.2, -0.15) is 0 Å². The van der Waals surface area contributed by atoms with E-state index in [4.69, 9.17) is 0 Å². The van der Waals surface area contributed by atoms with Crippen LogP contribution in [0.15, 0.2) is 109 Å². The van der Waals surface area contributed by atoms with Crippen LogP contribution in [0.5, 0.6) is 0 Å². The summed E-state index contributed by atoms with van der Waals surface area (Å²) in [7, 11) is -0.196. The number of hydrogen-bond donors (Lipinski definition) is 0. The molecule has 4 aromatic carbocycles. The highest BCUT2D eigenvalue weighted by atomic mass is 28.3. The summed E-state index contributed by atoms with van der Waals surface area (Å²) in [6.45, 7) is 9.61. The monoisotopic (exact) mass is 554 g/mol. The van der Waals surface area contributed by atoms with Gasteiger partial charge in [0.2, 0.25) is 5.69 Å². The minimum atomic E-state index is -2.40. The summed E-state index contributed by atoms with van der Waals surface area (Å²) in [5.41, 5.74) is 5.57. The lowest BCUT2D eigenvalue weighted by Crippen LogP contribution is -2.72. The van der Waals surface area contributed by atoms with Crippen LogP contribution >= 0.6 is 0 Å².